The number of rotatable bonds is 6. The molecular weight excluding hydrogens is 210 g/mol. The fraction of sp³-hybridized carbons (Fsp3) is 0.467. The lowest BCUT2D eigenvalue weighted by atomic mass is 10.0. The number of benzene rings is 1. The van der Waals surface area contributed by atoms with E-state index >= 15 is 0 Å². The minimum atomic E-state index is 0.198. The maximum atomic E-state index is 6.01. The zero-order chi connectivity index (χ0) is 12.8. The molecule has 2 N–H and O–H groups in total. The van der Waals surface area contributed by atoms with Crippen LogP contribution in [0, 0.1) is 6.92 Å². The van der Waals surface area contributed by atoms with E-state index in [-0.39, 0.29) is 6.04 Å². The first-order valence-corrected chi connectivity index (χ1v) is 6.15. The van der Waals surface area contributed by atoms with Crippen molar-refractivity contribution >= 4 is 0 Å². The van der Waals surface area contributed by atoms with Gasteiger partial charge in [-0.3, -0.25) is 0 Å². The van der Waals surface area contributed by atoms with Crippen molar-refractivity contribution in [3.63, 3.8) is 0 Å². The number of ether oxygens (including phenoxy) is 1. The van der Waals surface area contributed by atoms with Gasteiger partial charge < -0.3 is 10.5 Å². The maximum absolute atomic E-state index is 6.01. The molecule has 1 aromatic rings. The minimum Gasteiger partial charge on any atom is -0.489 e. The third-order valence-corrected chi connectivity index (χ3v) is 2.70. The summed E-state index contributed by atoms with van der Waals surface area (Å²) < 4.78 is 5.74. The summed E-state index contributed by atoms with van der Waals surface area (Å²) >= 11 is 0. The van der Waals surface area contributed by atoms with Gasteiger partial charge in [0.25, 0.3) is 0 Å². The molecule has 1 aromatic carbocycles. The van der Waals surface area contributed by atoms with E-state index in [9.17, 15) is 0 Å². The molecule has 0 aliphatic heterocycles. The molecule has 1 rings (SSSR count). The number of aryl methyl sites for hydroxylation is 1. The van der Waals surface area contributed by atoms with Crippen LogP contribution in [0.15, 0.2) is 30.4 Å². The molecule has 0 aromatic heterocycles. The molecule has 0 amide bonds. The lowest BCUT2D eigenvalue weighted by molar-refractivity contribution is 0.347. The summed E-state index contributed by atoms with van der Waals surface area (Å²) in [5.41, 5.74) is 9.47. The molecule has 0 fully saturated rings. The Morgan fingerprint density at radius 2 is 2.18 bits per heavy atom. The molecule has 94 valence electrons. The van der Waals surface area contributed by atoms with Crippen molar-refractivity contribution < 1.29 is 4.74 Å². The van der Waals surface area contributed by atoms with Crippen LogP contribution in [-0.2, 0) is 6.42 Å². The van der Waals surface area contributed by atoms with Crippen LogP contribution in [0.25, 0.3) is 0 Å². The minimum absolute atomic E-state index is 0.198. The Balaban J connectivity index is 2.83. The average Bonchev–Trinajstić information content (AvgIpc) is 2.27. The van der Waals surface area contributed by atoms with Crippen molar-refractivity contribution in [2.45, 2.75) is 39.7 Å². The van der Waals surface area contributed by atoms with E-state index in [1.807, 2.05) is 13.0 Å². The summed E-state index contributed by atoms with van der Waals surface area (Å²) in [7, 11) is 0. The molecule has 0 saturated heterocycles. The third-order valence-electron chi connectivity index (χ3n) is 2.70. The zero-order valence-electron chi connectivity index (χ0n) is 11.1. The van der Waals surface area contributed by atoms with Gasteiger partial charge in [-0.15, -0.1) is 0 Å². The van der Waals surface area contributed by atoms with Gasteiger partial charge in [-0.25, -0.2) is 0 Å². The average molecular weight is 233 g/mol. The van der Waals surface area contributed by atoms with E-state index in [2.05, 4.69) is 32.6 Å². The van der Waals surface area contributed by atoms with Crippen LogP contribution in [0.3, 0.4) is 0 Å². The highest BCUT2D eigenvalue weighted by Crippen LogP contribution is 2.22. The molecule has 0 aliphatic rings. The van der Waals surface area contributed by atoms with Gasteiger partial charge in [0.05, 0.1) is 0 Å². The Labute approximate surface area is 104 Å². The molecule has 2 heteroatoms. The van der Waals surface area contributed by atoms with Crippen LogP contribution in [0.5, 0.6) is 5.75 Å². The Morgan fingerprint density at radius 1 is 1.47 bits per heavy atom. The summed E-state index contributed by atoms with van der Waals surface area (Å²) in [4.78, 5) is 0. The molecule has 0 aliphatic carbocycles. The molecule has 1 unspecified atom stereocenters. The number of hydrogen-bond acceptors (Lipinski definition) is 2. The molecule has 0 saturated carbocycles. The highest BCUT2D eigenvalue weighted by Gasteiger charge is 2.08. The summed E-state index contributed by atoms with van der Waals surface area (Å²) in [6.45, 7) is 10.6. The molecule has 0 heterocycles. The summed E-state index contributed by atoms with van der Waals surface area (Å²) in [5.74, 6) is 0.933. The van der Waals surface area contributed by atoms with Crippen LogP contribution in [0.4, 0.5) is 0 Å². The molecule has 0 spiro atoms. The molecule has 1 atom stereocenters. The summed E-state index contributed by atoms with van der Waals surface area (Å²) in [5, 5.41) is 0. The van der Waals surface area contributed by atoms with Gasteiger partial charge in [0, 0.05) is 6.04 Å². The SMILES string of the molecule is C=C(C)COc1ccc(C)cc1CC(N)CC. The van der Waals surface area contributed by atoms with Crippen molar-refractivity contribution in [2.75, 3.05) is 6.61 Å². The van der Waals surface area contributed by atoms with Crippen molar-refractivity contribution in [3.8, 4) is 5.75 Å². The maximum Gasteiger partial charge on any atom is 0.123 e. The van der Waals surface area contributed by atoms with Gasteiger partial charge in [0.1, 0.15) is 12.4 Å². The van der Waals surface area contributed by atoms with Crippen LogP contribution in [-0.4, -0.2) is 12.6 Å². The fourth-order valence-corrected chi connectivity index (χ4v) is 1.64. The van der Waals surface area contributed by atoms with Crippen LogP contribution in [0.2, 0.25) is 0 Å². The molecule has 0 radical (unpaired) electrons. The first-order valence-electron chi connectivity index (χ1n) is 6.15. The monoisotopic (exact) mass is 233 g/mol. The van der Waals surface area contributed by atoms with Gasteiger partial charge in [-0.05, 0) is 43.9 Å². The van der Waals surface area contributed by atoms with E-state index in [0.29, 0.717) is 6.61 Å². The standard InChI is InChI=1S/C15H23NO/c1-5-14(16)9-13-8-12(4)6-7-15(13)17-10-11(2)3/h6-8,14H,2,5,9-10,16H2,1,3-4H3. The molecule has 17 heavy (non-hydrogen) atoms. The van der Waals surface area contributed by atoms with Crippen LogP contribution in [0.1, 0.15) is 31.4 Å². The first-order chi connectivity index (χ1) is 8.02. The topological polar surface area (TPSA) is 35.2 Å². The molecule has 0 bridgehead atoms. The summed E-state index contributed by atoms with van der Waals surface area (Å²) in [6, 6.07) is 6.44. The zero-order valence-corrected chi connectivity index (χ0v) is 11.1. The van der Waals surface area contributed by atoms with E-state index in [1.165, 1.54) is 11.1 Å². The van der Waals surface area contributed by atoms with E-state index < -0.39 is 0 Å². The van der Waals surface area contributed by atoms with Gasteiger partial charge in [-0.1, -0.05) is 31.2 Å². The second kappa shape index (κ2) is 6.45. The Kier molecular flexibility index (Phi) is 5.23. The van der Waals surface area contributed by atoms with Crippen molar-refractivity contribution in [1.82, 2.24) is 0 Å². The van der Waals surface area contributed by atoms with E-state index in [0.717, 1.165) is 24.2 Å². The van der Waals surface area contributed by atoms with Gasteiger partial charge >= 0.3 is 0 Å². The van der Waals surface area contributed by atoms with Gasteiger partial charge in [0.2, 0.25) is 0 Å². The lowest BCUT2D eigenvalue weighted by Crippen LogP contribution is -2.21. The largest absolute Gasteiger partial charge is 0.489 e. The van der Waals surface area contributed by atoms with Gasteiger partial charge in [-0.2, -0.15) is 0 Å². The van der Waals surface area contributed by atoms with Crippen molar-refractivity contribution in [2.24, 2.45) is 5.73 Å². The van der Waals surface area contributed by atoms with Crippen molar-refractivity contribution in [3.05, 3.63) is 41.5 Å². The third kappa shape index (κ3) is 4.61. The normalized spacial score (nSPS) is 12.2. The Hall–Kier alpha value is -1.28. The number of nitrogens with two attached hydrogens (primary N) is 1. The Bertz CT molecular complexity index is 385. The smallest absolute Gasteiger partial charge is 0.123 e. The fourth-order valence-electron chi connectivity index (χ4n) is 1.64. The van der Waals surface area contributed by atoms with E-state index in [4.69, 9.17) is 10.5 Å². The quantitative estimate of drug-likeness (QED) is 0.766. The molecular formula is C15H23NO. The number of hydrogen-bond donors (Lipinski definition) is 1. The van der Waals surface area contributed by atoms with Crippen LogP contribution < -0.4 is 10.5 Å². The predicted molar refractivity (Wildman–Crippen MR) is 73.5 cm³/mol. The predicted octanol–water partition coefficient (Wildman–Crippen LogP) is 3.23. The second-order valence-corrected chi connectivity index (χ2v) is 4.73. The highest BCUT2D eigenvalue weighted by molar-refractivity contribution is 5.37. The van der Waals surface area contributed by atoms with E-state index in [1.54, 1.807) is 0 Å². The molecule has 2 nitrogen and oxygen atoms in total. The summed E-state index contributed by atoms with van der Waals surface area (Å²) in [6.07, 6.45) is 1.84. The second-order valence-electron chi connectivity index (χ2n) is 4.73. The van der Waals surface area contributed by atoms with Crippen molar-refractivity contribution in [1.29, 1.82) is 0 Å². The van der Waals surface area contributed by atoms with Crippen LogP contribution >= 0.6 is 0 Å². The van der Waals surface area contributed by atoms with Gasteiger partial charge in [0.15, 0.2) is 0 Å². The first kappa shape index (κ1) is 13.8. The Morgan fingerprint density at radius 3 is 2.76 bits per heavy atom. The highest BCUT2D eigenvalue weighted by atomic mass is 16.5. The lowest BCUT2D eigenvalue weighted by Gasteiger charge is -2.15.